The summed E-state index contributed by atoms with van der Waals surface area (Å²) in [5, 5.41) is 0. The van der Waals surface area contributed by atoms with Crippen molar-refractivity contribution in [2.24, 2.45) is 5.92 Å². The average Bonchev–Trinajstić information content (AvgIpc) is 2.04. The molecule has 68 valence electrons. The summed E-state index contributed by atoms with van der Waals surface area (Å²) in [7, 11) is 0. The number of amides is 1. The first-order valence-corrected chi connectivity index (χ1v) is 4.55. The van der Waals surface area contributed by atoms with Crippen molar-refractivity contribution in [3.63, 3.8) is 0 Å². The van der Waals surface area contributed by atoms with Gasteiger partial charge in [-0.15, -0.1) is 0 Å². The Morgan fingerprint density at radius 1 is 1.67 bits per heavy atom. The van der Waals surface area contributed by atoms with E-state index in [1.54, 1.807) is 6.92 Å². The molecule has 1 atom stereocenters. The van der Waals surface area contributed by atoms with Gasteiger partial charge in [0.1, 0.15) is 0 Å². The number of hydrogen-bond donors (Lipinski definition) is 0. The number of nitrogens with zero attached hydrogens (tertiary/aromatic N) is 1. The van der Waals surface area contributed by atoms with Crippen LogP contribution in [-0.4, -0.2) is 23.9 Å². The SMILES string of the molecule is CC=C1CCN(C(C)=O)CC1C. The second-order valence-corrected chi connectivity index (χ2v) is 3.48. The molecule has 0 aromatic carbocycles. The molecule has 1 unspecified atom stereocenters. The van der Waals surface area contributed by atoms with Crippen LogP contribution in [-0.2, 0) is 4.79 Å². The maximum atomic E-state index is 11.0. The van der Waals surface area contributed by atoms with Crippen LogP contribution in [0.25, 0.3) is 0 Å². The van der Waals surface area contributed by atoms with Gasteiger partial charge in [0.05, 0.1) is 0 Å². The minimum atomic E-state index is 0.206. The van der Waals surface area contributed by atoms with Crippen molar-refractivity contribution in [2.45, 2.75) is 27.2 Å². The topological polar surface area (TPSA) is 20.3 Å². The minimum absolute atomic E-state index is 0.206. The maximum Gasteiger partial charge on any atom is 0.219 e. The molecule has 1 rings (SSSR count). The smallest absolute Gasteiger partial charge is 0.219 e. The zero-order valence-corrected chi connectivity index (χ0v) is 8.13. The van der Waals surface area contributed by atoms with E-state index in [-0.39, 0.29) is 5.91 Å². The van der Waals surface area contributed by atoms with Crippen molar-refractivity contribution >= 4 is 5.91 Å². The van der Waals surface area contributed by atoms with Crippen molar-refractivity contribution < 1.29 is 4.79 Å². The molecule has 2 heteroatoms. The van der Waals surface area contributed by atoms with Crippen LogP contribution in [0.1, 0.15) is 27.2 Å². The normalized spacial score (nSPS) is 27.8. The van der Waals surface area contributed by atoms with Crippen molar-refractivity contribution in [3.8, 4) is 0 Å². The summed E-state index contributed by atoms with van der Waals surface area (Å²) in [4.78, 5) is 13.0. The third-order valence-electron chi connectivity index (χ3n) is 2.61. The zero-order chi connectivity index (χ0) is 9.14. The first-order chi connectivity index (χ1) is 5.65. The Balaban J connectivity index is 2.57. The van der Waals surface area contributed by atoms with Gasteiger partial charge in [0.15, 0.2) is 0 Å². The Labute approximate surface area is 74.2 Å². The molecule has 0 aromatic heterocycles. The van der Waals surface area contributed by atoms with Gasteiger partial charge in [-0.1, -0.05) is 18.6 Å². The molecule has 1 heterocycles. The average molecular weight is 167 g/mol. The molecule has 0 radical (unpaired) electrons. The summed E-state index contributed by atoms with van der Waals surface area (Å²) >= 11 is 0. The van der Waals surface area contributed by atoms with Crippen LogP contribution in [0.3, 0.4) is 0 Å². The van der Waals surface area contributed by atoms with Gasteiger partial charge in [0.2, 0.25) is 5.91 Å². The van der Waals surface area contributed by atoms with Crippen molar-refractivity contribution in [2.75, 3.05) is 13.1 Å². The first kappa shape index (κ1) is 9.30. The van der Waals surface area contributed by atoms with Crippen LogP contribution in [0.4, 0.5) is 0 Å². The fourth-order valence-corrected chi connectivity index (χ4v) is 1.76. The highest BCUT2D eigenvalue weighted by atomic mass is 16.2. The minimum Gasteiger partial charge on any atom is -0.342 e. The van der Waals surface area contributed by atoms with E-state index >= 15 is 0 Å². The molecule has 1 amide bonds. The summed E-state index contributed by atoms with van der Waals surface area (Å²) in [6, 6.07) is 0. The van der Waals surface area contributed by atoms with Gasteiger partial charge in [-0.25, -0.2) is 0 Å². The summed E-state index contributed by atoms with van der Waals surface area (Å²) in [6.07, 6.45) is 3.24. The quantitative estimate of drug-likeness (QED) is 0.504. The number of likely N-dealkylation sites (tertiary alicyclic amines) is 1. The third kappa shape index (κ3) is 1.87. The molecular weight excluding hydrogens is 150 g/mol. The lowest BCUT2D eigenvalue weighted by atomic mass is 9.93. The van der Waals surface area contributed by atoms with E-state index in [0.29, 0.717) is 5.92 Å². The Kier molecular flexibility index (Phi) is 2.90. The fraction of sp³-hybridized carbons (Fsp3) is 0.700. The highest BCUT2D eigenvalue weighted by Crippen LogP contribution is 2.21. The Morgan fingerprint density at radius 3 is 2.75 bits per heavy atom. The molecule has 0 aliphatic carbocycles. The Hall–Kier alpha value is -0.790. The summed E-state index contributed by atoms with van der Waals surface area (Å²) in [5.41, 5.74) is 1.49. The van der Waals surface area contributed by atoms with Gasteiger partial charge >= 0.3 is 0 Å². The van der Waals surface area contributed by atoms with Crippen LogP contribution in [0.15, 0.2) is 11.6 Å². The zero-order valence-electron chi connectivity index (χ0n) is 8.13. The molecular formula is C10H17NO. The lowest BCUT2D eigenvalue weighted by molar-refractivity contribution is -0.129. The third-order valence-corrected chi connectivity index (χ3v) is 2.61. The number of piperidine rings is 1. The number of carbonyl (C=O) groups is 1. The van der Waals surface area contributed by atoms with E-state index in [0.717, 1.165) is 19.5 Å². The predicted molar refractivity (Wildman–Crippen MR) is 49.8 cm³/mol. The molecule has 0 bridgehead atoms. The number of rotatable bonds is 0. The number of carbonyl (C=O) groups excluding carboxylic acids is 1. The van der Waals surface area contributed by atoms with Crippen molar-refractivity contribution in [3.05, 3.63) is 11.6 Å². The predicted octanol–water partition coefficient (Wildman–Crippen LogP) is 1.82. The molecule has 0 spiro atoms. The summed E-state index contributed by atoms with van der Waals surface area (Å²) < 4.78 is 0. The van der Waals surface area contributed by atoms with E-state index in [2.05, 4.69) is 19.9 Å². The van der Waals surface area contributed by atoms with Gasteiger partial charge in [-0.3, -0.25) is 4.79 Å². The van der Waals surface area contributed by atoms with Crippen LogP contribution in [0.2, 0.25) is 0 Å². The van der Waals surface area contributed by atoms with Gasteiger partial charge in [0.25, 0.3) is 0 Å². The molecule has 1 aliphatic heterocycles. The molecule has 0 saturated carbocycles. The van der Waals surface area contributed by atoms with Gasteiger partial charge in [-0.05, 0) is 19.3 Å². The van der Waals surface area contributed by atoms with Crippen molar-refractivity contribution in [1.82, 2.24) is 4.90 Å². The maximum absolute atomic E-state index is 11.0. The van der Waals surface area contributed by atoms with Gasteiger partial charge in [0, 0.05) is 20.0 Å². The monoisotopic (exact) mass is 167 g/mol. The molecule has 12 heavy (non-hydrogen) atoms. The lowest BCUT2D eigenvalue weighted by Crippen LogP contribution is -2.38. The van der Waals surface area contributed by atoms with Crippen molar-refractivity contribution in [1.29, 1.82) is 0 Å². The molecule has 0 aromatic rings. The molecule has 1 fully saturated rings. The van der Waals surface area contributed by atoms with Gasteiger partial charge < -0.3 is 4.90 Å². The molecule has 1 saturated heterocycles. The fourth-order valence-electron chi connectivity index (χ4n) is 1.76. The Bertz CT molecular complexity index is 208. The van der Waals surface area contributed by atoms with E-state index in [9.17, 15) is 4.79 Å². The van der Waals surface area contributed by atoms with E-state index in [1.165, 1.54) is 5.57 Å². The first-order valence-electron chi connectivity index (χ1n) is 4.55. The van der Waals surface area contributed by atoms with Crippen LogP contribution >= 0.6 is 0 Å². The molecule has 1 aliphatic rings. The molecule has 2 nitrogen and oxygen atoms in total. The van der Waals surface area contributed by atoms with Gasteiger partial charge in [-0.2, -0.15) is 0 Å². The van der Waals surface area contributed by atoms with E-state index < -0.39 is 0 Å². The summed E-state index contributed by atoms with van der Waals surface area (Å²) in [5.74, 6) is 0.754. The Morgan fingerprint density at radius 2 is 2.33 bits per heavy atom. The van der Waals surface area contributed by atoms with Crippen LogP contribution < -0.4 is 0 Å². The van der Waals surface area contributed by atoms with Crippen LogP contribution in [0.5, 0.6) is 0 Å². The second kappa shape index (κ2) is 3.74. The highest BCUT2D eigenvalue weighted by molar-refractivity contribution is 5.73. The summed E-state index contributed by atoms with van der Waals surface area (Å²) in [6.45, 7) is 7.71. The highest BCUT2D eigenvalue weighted by Gasteiger charge is 2.21. The van der Waals surface area contributed by atoms with E-state index in [4.69, 9.17) is 0 Å². The molecule has 0 N–H and O–H groups in total. The largest absolute Gasteiger partial charge is 0.342 e. The number of allylic oxidation sites excluding steroid dienone is 1. The number of hydrogen-bond acceptors (Lipinski definition) is 1. The lowest BCUT2D eigenvalue weighted by Gasteiger charge is -2.32. The van der Waals surface area contributed by atoms with Crippen LogP contribution in [0, 0.1) is 5.92 Å². The second-order valence-electron chi connectivity index (χ2n) is 3.48. The standard InChI is InChI=1S/C10H17NO/c1-4-10-5-6-11(9(3)12)7-8(10)2/h4,8H,5-7H2,1-3H3. The van der Waals surface area contributed by atoms with E-state index in [1.807, 2.05) is 4.90 Å².